The van der Waals surface area contributed by atoms with E-state index in [1.165, 1.54) is 0 Å². The fourth-order valence-electron chi connectivity index (χ4n) is 2.13. The first-order valence-corrected chi connectivity index (χ1v) is 8.55. The number of hydrogen-bond acceptors (Lipinski definition) is 4. The molecule has 3 aromatic rings. The van der Waals surface area contributed by atoms with Crippen molar-refractivity contribution in [2.45, 2.75) is 0 Å². The molecule has 0 spiro atoms. The number of aromatic nitrogens is 2. The maximum atomic E-state index is 5.33. The third kappa shape index (κ3) is 4.56. The Hall–Kier alpha value is -1.37. The van der Waals surface area contributed by atoms with E-state index in [9.17, 15) is 0 Å². The molecule has 0 aliphatic heterocycles. The molecule has 0 radical (unpaired) electrons. The minimum absolute atomic E-state index is 0. The Morgan fingerprint density at radius 2 is 1.13 bits per heavy atom. The van der Waals surface area contributed by atoms with E-state index in [1.807, 2.05) is 24.3 Å². The van der Waals surface area contributed by atoms with Crippen LogP contribution in [0.1, 0.15) is 0 Å². The summed E-state index contributed by atoms with van der Waals surface area (Å²) in [4.78, 5) is 8.79. The summed E-state index contributed by atoms with van der Waals surface area (Å²) >= 11 is 0.569. The predicted octanol–water partition coefficient (Wildman–Crippen LogP) is 2.53. The van der Waals surface area contributed by atoms with Crippen molar-refractivity contribution in [1.82, 2.24) is 9.97 Å². The zero-order chi connectivity index (χ0) is 15.2. The molecule has 0 saturated carbocycles. The van der Waals surface area contributed by atoms with E-state index in [0.717, 1.165) is 33.3 Å². The molecule has 0 unspecified atom stereocenters. The van der Waals surface area contributed by atoms with Crippen molar-refractivity contribution < 1.29 is 33.1 Å². The predicted molar refractivity (Wildman–Crippen MR) is 89.1 cm³/mol. The topological polar surface area (TPSA) is 107 Å². The fourth-order valence-corrected chi connectivity index (χ4v) is 2.13. The Morgan fingerprint density at radius 1 is 0.783 bits per heavy atom. The molecule has 4 N–H and O–H groups in total. The van der Waals surface area contributed by atoms with Crippen LogP contribution in [0.3, 0.4) is 0 Å². The van der Waals surface area contributed by atoms with Crippen molar-refractivity contribution in [3.8, 4) is 11.5 Å². The van der Waals surface area contributed by atoms with Gasteiger partial charge in [-0.3, -0.25) is 9.97 Å². The van der Waals surface area contributed by atoms with Crippen LogP contribution in [0.5, 0.6) is 11.5 Å². The average Bonchev–Trinajstić information content (AvgIpc) is 2.54. The summed E-state index contributed by atoms with van der Waals surface area (Å²) in [6.07, 6.45) is 3.45. The van der Waals surface area contributed by atoms with E-state index in [2.05, 4.69) is 9.97 Å². The average molecular weight is 406 g/mol. The van der Waals surface area contributed by atoms with Crippen LogP contribution in [0.25, 0.3) is 21.8 Å². The van der Waals surface area contributed by atoms with Crippen molar-refractivity contribution >= 4 is 42.2 Å². The van der Waals surface area contributed by atoms with Crippen LogP contribution in [0.15, 0.2) is 36.7 Å². The summed E-state index contributed by atoms with van der Waals surface area (Å²) in [5.74, 6) is 1.60. The third-order valence-electron chi connectivity index (χ3n) is 2.98. The molecule has 1 aromatic carbocycles. The van der Waals surface area contributed by atoms with Crippen molar-refractivity contribution in [1.29, 1.82) is 0 Å². The van der Waals surface area contributed by atoms with Gasteiger partial charge in [-0.05, 0) is 24.3 Å². The van der Waals surface area contributed by atoms with Crippen LogP contribution in [0.4, 0.5) is 0 Å². The molecule has 0 aliphatic carbocycles. The Kier molecular flexibility index (Phi) is 9.80. The molecule has 2 heterocycles. The van der Waals surface area contributed by atoms with Crippen molar-refractivity contribution in [2.24, 2.45) is 0 Å². The summed E-state index contributed by atoms with van der Waals surface area (Å²) < 4.78 is 10.7. The van der Waals surface area contributed by atoms with Gasteiger partial charge in [0.05, 0.1) is 14.2 Å². The van der Waals surface area contributed by atoms with Crippen LogP contribution < -0.4 is 9.47 Å². The van der Waals surface area contributed by atoms with Crippen LogP contribution in [-0.4, -0.2) is 35.1 Å². The number of halogens is 2. The molecule has 0 amide bonds. The van der Waals surface area contributed by atoms with Crippen LogP contribution >= 0.6 is 20.4 Å². The zero-order valence-corrected chi connectivity index (χ0v) is 14.7. The fraction of sp³-hybridized carbons (Fsp3) is 0.143. The van der Waals surface area contributed by atoms with Crippen LogP contribution in [-0.2, 0) is 12.7 Å². The number of pyridine rings is 2. The third-order valence-corrected chi connectivity index (χ3v) is 2.98. The first-order chi connectivity index (χ1) is 10.3. The molecule has 130 valence electrons. The quantitative estimate of drug-likeness (QED) is 0.482. The van der Waals surface area contributed by atoms with Gasteiger partial charge in [0.2, 0.25) is 0 Å². The Balaban J connectivity index is 0.000000902. The van der Waals surface area contributed by atoms with Crippen LogP contribution in [0.2, 0.25) is 0 Å². The van der Waals surface area contributed by atoms with E-state index in [0.29, 0.717) is 12.7 Å². The number of nitrogens with zero attached hydrogens (tertiary/aromatic N) is 2. The molecular weight excluding hydrogens is 390 g/mol. The van der Waals surface area contributed by atoms with Crippen molar-refractivity contribution in [3.05, 3.63) is 36.7 Å². The number of rotatable bonds is 2. The summed E-state index contributed by atoms with van der Waals surface area (Å²) in [7, 11) is 12.7. The van der Waals surface area contributed by atoms with Crippen molar-refractivity contribution in [3.63, 3.8) is 0 Å². The van der Waals surface area contributed by atoms with Gasteiger partial charge >= 0.3 is 33.0 Å². The minimum atomic E-state index is 0. The van der Waals surface area contributed by atoms with Gasteiger partial charge < -0.3 is 20.4 Å². The van der Waals surface area contributed by atoms with Gasteiger partial charge in [-0.1, -0.05) is 0 Å². The van der Waals surface area contributed by atoms with Gasteiger partial charge in [-0.15, -0.1) is 0 Å². The SMILES string of the molecule is COc1ccnc2c1ccc1c(OC)ccnc12.O.O.[Cl][Ni][Cl]. The molecule has 6 nitrogen and oxygen atoms in total. The second-order valence-electron chi connectivity index (χ2n) is 3.93. The second kappa shape index (κ2) is 10.4. The van der Waals surface area contributed by atoms with E-state index in [-0.39, 0.29) is 11.0 Å². The molecule has 0 fully saturated rings. The Morgan fingerprint density at radius 3 is 1.43 bits per heavy atom. The normalized spacial score (nSPS) is 9.39. The molecule has 3 rings (SSSR count). The summed E-state index contributed by atoms with van der Waals surface area (Å²) in [6, 6.07) is 7.64. The first kappa shape index (κ1) is 21.6. The zero-order valence-electron chi connectivity index (χ0n) is 12.2. The number of hydrogen-bond donors (Lipinski definition) is 0. The Labute approximate surface area is 147 Å². The molecule has 0 atom stereocenters. The molecule has 2 aromatic heterocycles. The standard InChI is InChI=1S/C14H12N2O2.2ClH.Ni.2H2O/c1-17-11-5-7-15-13-9(11)3-4-10-12(18-2)6-8-16-14(10)13;;;;;/h3-8H,1-2H3;2*1H;;2*1H2/q;;;+2;;/p-2. The summed E-state index contributed by atoms with van der Waals surface area (Å²) in [6.45, 7) is 0. The van der Waals surface area contributed by atoms with Gasteiger partial charge in [0.15, 0.2) is 0 Å². The van der Waals surface area contributed by atoms with Gasteiger partial charge in [-0.25, -0.2) is 0 Å². The Bertz CT molecular complexity index is 699. The molecular formula is C14H16Cl2N2NiO4. The van der Waals surface area contributed by atoms with E-state index in [1.54, 1.807) is 26.6 Å². The van der Waals surface area contributed by atoms with E-state index >= 15 is 0 Å². The second-order valence-corrected chi connectivity index (χ2v) is 5.56. The summed E-state index contributed by atoms with van der Waals surface area (Å²) in [5, 5.41) is 1.90. The van der Waals surface area contributed by atoms with Crippen molar-refractivity contribution in [2.75, 3.05) is 14.2 Å². The molecule has 0 aliphatic rings. The molecule has 23 heavy (non-hydrogen) atoms. The molecule has 9 heteroatoms. The number of ether oxygens (including phenoxy) is 2. The summed E-state index contributed by atoms with van der Waals surface area (Å²) in [5.41, 5.74) is 1.65. The number of benzene rings is 1. The van der Waals surface area contributed by atoms with Gasteiger partial charge in [0, 0.05) is 23.2 Å². The molecule has 0 bridgehead atoms. The number of methoxy groups -OCH3 is 2. The monoisotopic (exact) mass is 404 g/mol. The first-order valence-electron chi connectivity index (χ1n) is 5.83. The van der Waals surface area contributed by atoms with Gasteiger partial charge in [0.1, 0.15) is 22.5 Å². The van der Waals surface area contributed by atoms with E-state index in [4.69, 9.17) is 29.9 Å². The van der Waals surface area contributed by atoms with E-state index < -0.39 is 0 Å². The number of fused-ring (bicyclic) bond motifs is 3. The van der Waals surface area contributed by atoms with Gasteiger partial charge in [0.25, 0.3) is 0 Å². The van der Waals surface area contributed by atoms with Gasteiger partial charge in [-0.2, -0.15) is 0 Å². The van der Waals surface area contributed by atoms with Crippen LogP contribution in [0, 0.1) is 0 Å². The molecule has 0 saturated heterocycles. The maximum absolute atomic E-state index is 5.33.